The van der Waals surface area contributed by atoms with Gasteiger partial charge in [-0.2, -0.15) is 5.10 Å². The molecule has 6 nitrogen and oxygen atoms in total. The first-order chi connectivity index (χ1) is 11.9. The van der Waals surface area contributed by atoms with E-state index in [4.69, 9.17) is 0 Å². The molecule has 0 aliphatic carbocycles. The van der Waals surface area contributed by atoms with Gasteiger partial charge in [0.15, 0.2) is 0 Å². The number of amides is 1. The highest BCUT2D eigenvalue weighted by molar-refractivity contribution is 5.96. The summed E-state index contributed by atoms with van der Waals surface area (Å²) in [7, 11) is 0. The van der Waals surface area contributed by atoms with Gasteiger partial charge in [-0.15, -0.1) is 0 Å². The van der Waals surface area contributed by atoms with Gasteiger partial charge in [0.1, 0.15) is 0 Å². The summed E-state index contributed by atoms with van der Waals surface area (Å²) in [6, 6.07) is 9.42. The minimum absolute atomic E-state index is 0.0842. The van der Waals surface area contributed by atoms with Crippen LogP contribution in [0.5, 0.6) is 0 Å². The summed E-state index contributed by atoms with van der Waals surface area (Å²) in [5, 5.41) is 16.6. The van der Waals surface area contributed by atoms with Gasteiger partial charge in [-0.1, -0.05) is 37.3 Å². The molecule has 0 bridgehead atoms. The Morgan fingerprint density at radius 2 is 1.92 bits per heavy atom. The van der Waals surface area contributed by atoms with E-state index in [1.165, 1.54) is 0 Å². The van der Waals surface area contributed by atoms with Crippen molar-refractivity contribution in [2.24, 2.45) is 5.92 Å². The number of benzene rings is 1. The van der Waals surface area contributed by atoms with Crippen molar-refractivity contribution in [3.05, 3.63) is 52.8 Å². The maximum absolute atomic E-state index is 12.5. The topological polar surface area (TPSA) is 84.2 Å². The first kappa shape index (κ1) is 18.7. The zero-order valence-electron chi connectivity index (χ0n) is 15.0. The quantitative estimate of drug-likeness (QED) is 0.771. The van der Waals surface area contributed by atoms with Crippen LogP contribution in [0.4, 0.5) is 0 Å². The van der Waals surface area contributed by atoms with Gasteiger partial charge in [-0.25, -0.2) is 0 Å². The lowest BCUT2D eigenvalue weighted by atomic mass is 9.99. The van der Waals surface area contributed by atoms with Crippen molar-refractivity contribution in [2.45, 2.75) is 40.2 Å². The number of carbonyl (C=O) groups excluding carboxylic acids is 1. The number of carboxylic acids is 1. The molecule has 6 heteroatoms. The Morgan fingerprint density at radius 3 is 2.52 bits per heavy atom. The molecule has 134 valence electrons. The third kappa shape index (κ3) is 4.68. The molecule has 0 aliphatic heterocycles. The molecule has 1 heterocycles. The van der Waals surface area contributed by atoms with Crippen LogP contribution in [0.15, 0.2) is 30.3 Å². The SMILES string of the molecule is CCCn1nc(C)c(C(=O)NCC(Cc2ccccc2)C(=O)O)c1C. The number of hydrogen-bond acceptors (Lipinski definition) is 3. The van der Waals surface area contributed by atoms with Crippen molar-refractivity contribution in [3.63, 3.8) is 0 Å². The van der Waals surface area contributed by atoms with Crippen molar-refractivity contribution in [1.29, 1.82) is 0 Å². The van der Waals surface area contributed by atoms with E-state index in [-0.39, 0.29) is 12.5 Å². The van der Waals surface area contributed by atoms with Crippen molar-refractivity contribution in [1.82, 2.24) is 15.1 Å². The smallest absolute Gasteiger partial charge is 0.308 e. The molecule has 0 saturated heterocycles. The second-order valence-electron chi connectivity index (χ2n) is 6.20. The monoisotopic (exact) mass is 343 g/mol. The van der Waals surface area contributed by atoms with Crippen molar-refractivity contribution in [3.8, 4) is 0 Å². The number of carbonyl (C=O) groups is 2. The van der Waals surface area contributed by atoms with Gasteiger partial charge >= 0.3 is 5.97 Å². The van der Waals surface area contributed by atoms with Crippen LogP contribution >= 0.6 is 0 Å². The van der Waals surface area contributed by atoms with Gasteiger partial charge in [0, 0.05) is 18.8 Å². The van der Waals surface area contributed by atoms with Gasteiger partial charge in [0.2, 0.25) is 0 Å². The van der Waals surface area contributed by atoms with Crippen LogP contribution in [0.3, 0.4) is 0 Å². The number of hydrogen-bond donors (Lipinski definition) is 2. The van der Waals surface area contributed by atoms with E-state index >= 15 is 0 Å². The third-order valence-corrected chi connectivity index (χ3v) is 4.23. The lowest BCUT2D eigenvalue weighted by Crippen LogP contribution is -2.34. The van der Waals surface area contributed by atoms with Crippen molar-refractivity contribution < 1.29 is 14.7 Å². The molecule has 2 aromatic rings. The van der Waals surface area contributed by atoms with Crippen LogP contribution in [0.25, 0.3) is 0 Å². The average Bonchev–Trinajstić information content (AvgIpc) is 2.86. The zero-order valence-corrected chi connectivity index (χ0v) is 15.0. The fourth-order valence-electron chi connectivity index (χ4n) is 2.90. The molecule has 2 N–H and O–H groups in total. The Hall–Kier alpha value is -2.63. The summed E-state index contributed by atoms with van der Waals surface area (Å²) in [6.45, 7) is 6.56. The fourth-order valence-corrected chi connectivity index (χ4v) is 2.90. The summed E-state index contributed by atoms with van der Waals surface area (Å²) < 4.78 is 1.82. The number of aliphatic carboxylic acids is 1. The molecular formula is C19H25N3O3. The zero-order chi connectivity index (χ0) is 18.4. The summed E-state index contributed by atoms with van der Waals surface area (Å²) in [5.41, 5.74) is 2.95. The molecule has 0 aliphatic rings. The van der Waals surface area contributed by atoms with Crippen LogP contribution in [0.2, 0.25) is 0 Å². The molecule has 1 aromatic heterocycles. The van der Waals surface area contributed by atoms with Gasteiger partial charge in [0.25, 0.3) is 5.91 Å². The molecule has 0 radical (unpaired) electrons. The standard InChI is InChI=1S/C19H25N3O3/c1-4-10-22-14(3)17(13(2)21-22)18(23)20-12-16(19(24)25)11-15-8-6-5-7-9-15/h5-9,16H,4,10-12H2,1-3H3,(H,20,23)(H,24,25). The van der Waals surface area contributed by atoms with Crippen LogP contribution in [0.1, 0.15) is 40.7 Å². The molecule has 1 unspecified atom stereocenters. The number of aryl methyl sites for hydroxylation is 2. The third-order valence-electron chi connectivity index (χ3n) is 4.23. The highest BCUT2D eigenvalue weighted by Crippen LogP contribution is 2.14. The molecule has 0 spiro atoms. The number of carboxylic acid groups (broad SMARTS) is 1. The van der Waals surface area contributed by atoms with Gasteiger partial charge < -0.3 is 10.4 Å². The molecule has 1 atom stereocenters. The summed E-state index contributed by atoms with van der Waals surface area (Å²) in [6.07, 6.45) is 1.31. The lowest BCUT2D eigenvalue weighted by molar-refractivity contribution is -0.141. The van der Waals surface area contributed by atoms with Gasteiger partial charge in [-0.3, -0.25) is 14.3 Å². The second-order valence-corrected chi connectivity index (χ2v) is 6.20. The molecular weight excluding hydrogens is 318 g/mol. The van der Waals surface area contributed by atoms with E-state index < -0.39 is 11.9 Å². The predicted molar refractivity (Wildman–Crippen MR) is 95.6 cm³/mol. The predicted octanol–water partition coefficient (Wildman–Crippen LogP) is 2.58. The first-order valence-corrected chi connectivity index (χ1v) is 8.53. The molecule has 1 aromatic carbocycles. The minimum Gasteiger partial charge on any atom is -0.481 e. The Balaban J connectivity index is 2.05. The van der Waals surface area contributed by atoms with E-state index in [0.717, 1.165) is 24.2 Å². The number of rotatable bonds is 8. The van der Waals surface area contributed by atoms with E-state index in [0.29, 0.717) is 17.7 Å². The van der Waals surface area contributed by atoms with Crippen molar-refractivity contribution >= 4 is 11.9 Å². The summed E-state index contributed by atoms with van der Waals surface area (Å²) in [5.74, 6) is -1.85. The van der Waals surface area contributed by atoms with Crippen LogP contribution in [-0.4, -0.2) is 33.3 Å². The molecule has 2 rings (SSSR count). The maximum atomic E-state index is 12.5. The summed E-state index contributed by atoms with van der Waals surface area (Å²) in [4.78, 5) is 24.0. The lowest BCUT2D eigenvalue weighted by Gasteiger charge is -2.14. The Bertz CT molecular complexity index is 738. The summed E-state index contributed by atoms with van der Waals surface area (Å²) >= 11 is 0. The first-order valence-electron chi connectivity index (χ1n) is 8.53. The average molecular weight is 343 g/mol. The molecule has 0 saturated carbocycles. The minimum atomic E-state index is -0.917. The number of nitrogens with zero attached hydrogens (tertiary/aromatic N) is 2. The van der Waals surface area contributed by atoms with Crippen LogP contribution in [0, 0.1) is 19.8 Å². The Morgan fingerprint density at radius 1 is 1.24 bits per heavy atom. The van der Waals surface area contributed by atoms with Gasteiger partial charge in [-0.05, 0) is 32.3 Å². The van der Waals surface area contributed by atoms with Crippen molar-refractivity contribution in [2.75, 3.05) is 6.54 Å². The van der Waals surface area contributed by atoms with Crippen LogP contribution < -0.4 is 5.32 Å². The molecule has 1 amide bonds. The van der Waals surface area contributed by atoms with Gasteiger partial charge in [0.05, 0.1) is 17.2 Å². The highest BCUT2D eigenvalue weighted by Gasteiger charge is 2.22. The normalized spacial score (nSPS) is 12.0. The Kier molecular flexibility index (Phi) is 6.33. The number of nitrogens with one attached hydrogen (secondary N) is 1. The van der Waals surface area contributed by atoms with E-state index in [9.17, 15) is 14.7 Å². The number of aromatic nitrogens is 2. The Labute approximate surface area is 147 Å². The van der Waals surface area contributed by atoms with Crippen LogP contribution in [-0.2, 0) is 17.8 Å². The van der Waals surface area contributed by atoms with E-state index in [1.54, 1.807) is 6.92 Å². The maximum Gasteiger partial charge on any atom is 0.308 e. The molecule has 0 fully saturated rings. The highest BCUT2D eigenvalue weighted by atomic mass is 16.4. The largest absolute Gasteiger partial charge is 0.481 e. The fraction of sp³-hybridized carbons (Fsp3) is 0.421. The second kappa shape index (κ2) is 8.46. The van der Waals surface area contributed by atoms with E-state index in [2.05, 4.69) is 17.3 Å². The molecule has 25 heavy (non-hydrogen) atoms. The van der Waals surface area contributed by atoms with E-state index in [1.807, 2.05) is 41.9 Å².